The van der Waals surface area contributed by atoms with Crippen LogP contribution in [-0.2, 0) is 13.0 Å². The molecule has 0 amide bonds. The highest BCUT2D eigenvalue weighted by atomic mass is 32.1. The molecule has 3 rings (SSSR count). The van der Waals surface area contributed by atoms with Crippen molar-refractivity contribution < 1.29 is 4.92 Å². The molecular weight excluding hydrogens is 298 g/mol. The summed E-state index contributed by atoms with van der Waals surface area (Å²) in [6.45, 7) is 3.58. The average molecular weight is 315 g/mol. The molecule has 1 aromatic carbocycles. The molecule has 3 aromatic rings. The number of aryl methyl sites for hydroxylation is 1. The highest BCUT2D eigenvalue weighted by Gasteiger charge is 2.09. The van der Waals surface area contributed by atoms with Gasteiger partial charge in [0, 0.05) is 35.1 Å². The number of thiophene rings is 1. The van der Waals surface area contributed by atoms with Crippen LogP contribution in [0.15, 0.2) is 35.8 Å². The quantitative estimate of drug-likeness (QED) is 0.413. The molecule has 0 saturated heterocycles. The second-order valence-electron chi connectivity index (χ2n) is 5.34. The highest BCUT2D eigenvalue weighted by Crippen LogP contribution is 2.22. The van der Waals surface area contributed by atoms with Gasteiger partial charge in [0.2, 0.25) is 0 Å². The van der Waals surface area contributed by atoms with E-state index in [0.717, 1.165) is 18.5 Å². The van der Waals surface area contributed by atoms with Crippen LogP contribution in [0.1, 0.15) is 16.7 Å². The molecule has 6 heteroatoms. The first-order valence-electron chi connectivity index (χ1n) is 7.12. The molecule has 0 aliphatic heterocycles. The van der Waals surface area contributed by atoms with Crippen LogP contribution in [0.4, 0.5) is 5.00 Å². The van der Waals surface area contributed by atoms with E-state index in [4.69, 9.17) is 0 Å². The lowest BCUT2D eigenvalue weighted by molar-refractivity contribution is -0.380. The number of rotatable bonds is 6. The number of hydrogen-bond donors (Lipinski definition) is 2. The van der Waals surface area contributed by atoms with Crippen molar-refractivity contribution in [1.29, 1.82) is 0 Å². The molecule has 2 heterocycles. The third-order valence-electron chi connectivity index (χ3n) is 3.64. The molecule has 0 fully saturated rings. The van der Waals surface area contributed by atoms with Crippen molar-refractivity contribution >= 4 is 27.2 Å². The first-order chi connectivity index (χ1) is 10.6. The first kappa shape index (κ1) is 14.7. The monoisotopic (exact) mass is 315 g/mol. The van der Waals surface area contributed by atoms with Crippen molar-refractivity contribution in [2.75, 3.05) is 6.54 Å². The zero-order chi connectivity index (χ0) is 15.5. The Balaban J connectivity index is 1.54. The van der Waals surface area contributed by atoms with E-state index in [0.29, 0.717) is 6.54 Å². The van der Waals surface area contributed by atoms with Crippen LogP contribution < -0.4 is 5.32 Å². The molecule has 2 N–H and O–H groups in total. The third-order valence-corrected chi connectivity index (χ3v) is 4.57. The van der Waals surface area contributed by atoms with Gasteiger partial charge in [0.05, 0.1) is 4.92 Å². The Hall–Kier alpha value is -2.18. The Labute approximate surface area is 132 Å². The smallest absolute Gasteiger partial charge is 0.324 e. The van der Waals surface area contributed by atoms with Crippen molar-refractivity contribution in [3.8, 4) is 0 Å². The molecule has 0 saturated carbocycles. The normalized spacial score (nSPS) is 11.1. The van der Waals surface area contributed by atoms with E-state index in [1.807, 2.05) is 5.38 Å². The standard InChI is InChI=1S/C16H17N3O2S/c1-11-2-3-14-13(9-18-15(14)6-11)4-5-17-8-12-7-16(19(20)21)22-10-12/h2-3,6-7,9-10,17-18H,4-5,8H2,1H3. The molecule has 2 aromatic heterocycles. The molecule has 0 radical (unpaired) electrons. The van der Waals surface area contributed by atoms with Crippen molar-refractivity contribution in [2.45, 2.75) is 19.9 Å². The fraction of sp³-hybridized carbons (Fsp3) is 0.250. The van der Waals surface area contributed by atoms with Gasteiger partial charge in [-0.05, 0) is 42.6 Å². The van der Waals surface area contributed by atoms with Crippen LogP contribution in [0.25, 0.3) is 10.9 Å². The van der Waals surface area contributed by atoms with E-state index in [2.05, 4.69) is 41.6 Å². The summed E-state index contributed by atoms with van der Waals surface area (Å²) in [4.78, 5) is 13.6. The summed E-state index contributed by atoms with van der Waals surface area (Å²) < 4.78 is 0. The van der Waals surface area contributed by atoms with Crippen molar-refractivity contribution in [2.24, 2.45) is 0 Å². The van der Waals surface area contributed by atoms with Crippen LogP contribution in [0.5, 0.6) is 0 Å². The summed E-state index contributed by atoms with van der Waals surface area (Å²) in [6.07, 6.45) is 2.98. The van der Waals surface area contributed by atoms with E-state index in [1.54, 1.807) is 6.07 Å². The molecule has 0 bridgehead atoms. The second kappa shape index (κ2) is 6.29. The Morgan fingerprint density at radius 1 is 1.36 bits per heavy atom. The lowest BCUT2D eigenvalue weighted by Gasteiger charge is -2.03. The van der Waals surface area contributed by atoms with E-state index in [9.17, 15) is 10.1 Å². The van der Waals surface area contributed by atoms with Crippen LogP contribution >= 0.6 is 11.3 Å². The number of H-pyrrole nitrogens is 1. The minimum absolute atomic E-state index is 0.198. The SMILES string of the molecule is Cc1ccc2c(CCNCc3csc([N+](=O)[O-])c3)c[nH]c2c1. The number of fused-ring (bicyclic) bond motifs is 1. The lowest BCUT2D eigenvalue weighted by atomic mass is 10.1. The van der Waals surface area contributed by atoms with Crippen molar-refractivity contribution in [3.05, 3.63) is 62.6 Å². The van der Waals surface area contributed by atoms with Gasteiger partial charge in [-0.1, -0.05) is 23.5 Å². The molecule has 0 unspecified atom stereocenters. The number of nitro groups is 1. The number of hydrogen-bond acceptors (Lipinski definition) is 4. The van der Waals surface area contributed by atoms with Gasteiger partial charge >= 0.3 is 5.00 Å². The maximum absolute atomic E-state index is 10.6. The zero-order valence-corrected chi connectivity index (χ0v) is 13.1. The number of nitrogens with one attached hydrogen (secondary N) is 2. The molecule has 0 atom stereocenters. The lowest BCUT2D eigenvalue weighted by Crippen LogP contribution is -2.16. The van der Waals surface area contributed by atoms with Crippen LogP contribution in [0.2, 0.25) is 0 Å². The Morgan fingerprint density at radius 2 is 2.23 bits per heavy atom. The molecule has 22 heavy (non-hydrogen) atoms. The fourth-order valence-electron chi connectivity index (χ4n) is 2.51. The number of aromatic amines is 1. The minimum Gasteiger partial charge on any atom is -0.361 e. The maximum atomic E-state index is 10.6. The average Bonchev–Trinajstić information content (AvgIpc) is 3.10. The summed E-state index contributed by atoms with van der Waals surface area (Å²) in [7, 11) is 0. The van der Waals surface area contributed by atoms with E-state index >= 15 is 0 Å². The predicted octanol–water partition coefficient (Wildman–Crippen LogP) is 3.78. The Bertz CT molecular complexity index is 807. The third kappa shape index (κ3) is 3.18. The van der Waals surface area contributed by atoms with Gasteiger partial charge < -0.3 is 10.3 Å². The molecule has 0 spiro atoms. The van der Waals surface area contributed by atoms with Crippen LogP contribution in [-0.4, -0.2) is 16.5 Å². The van der Waals surface area contributed by atoms with Gasteiger partial charge in [-0.15, -0.1) is 0 Å². The first-order valence-corrected chi connectivity index (χ1v) is 8.00. The summed E-state index contributed by atoms with van der Waals surface area (Å²) in [5.74, 6) is 0. The Kier molecular flexibility index (Phi) is 4.22. The number of nitrogens with zero attached hydrogens (tertiary/aromatic N) is 1. The van der Waals surface area contributed by atoms with Gasteiger partial charge in [-0.25, -0.2) is 0 Å². The predicted molar refractivity (Wildman–Crippen MR) is 89.4 cm³/mol. The van der Waals surface area contributed by atoms with E-state index < -0.39 is 0 Å². The van der Waals surface area contributed by atoms with Gasteiger partial charge in [-0.3, -0.25) is 10.1 Å². The molecule has 114 valence electrons. The maximum Gasteiger partial charge on any atom is 0.324 e. The summed E-state index contributed by atoms with van der Waals surface area (Å²) >= 11 is 1.17. The van der Waals surface area contributed by atoms with Gasteiger partial charge in [0.1, 0.15) is 0 Å². The number of aromatic nitrogens is 1. The van der Waals surface area contributed by atoms with E-state index in [1.165, 1.54) is 33.4 Å². The van der Waals surface area contributed by atoms with Gasteiger partial charge in [0.15, 0.2) is 0 Å². The summed E-state index contributed by atoms with van der Waals surface area (Å²) in [5, 5.41) is 17.3. The number of benzene rings is 1. The zero-order valence-electron chi connectivity index (χ0n) is 12.3. The van der Waals surface area contributed by atoms with Crippen molar-refractivity contribution in [1.82, 2.24) is 10.3 Å². The fourth-order valence-corrected chi connectivity index (χ4v) is 3.24. The van der Waals surface area contributed by atoms with E-state index in [-0.39, 0.29) is 9.92 Å². The van der Waals surface area contributed by atoms with Crippen molar-refractivity contribution in [3.63, 3.8) is 0 Å². The Morgan fingerprint density at radius 3 is 3.00 bits per heavy atom. The van der Waals surface area contributed by atoms with Crippen LogP contribution in [0.3, 0.4) is 0 Å². The molecular formula is C16H17N3O2S. The topological polar surface area (TPSA) is 71.0 Å². The molecule has 5 nitrogen and oxygen atoms in total. The molecule has 0 aliphatic rings. The van der Waals surface area contributed by atoms with Gasteiger partial charge in [-0.2, -0.15) is 0 Å². The summed E-state index contributed by atoms with van der Waals surface area (Å²) in [6, 6.07) is 8.05. The minimum atomic E-state index is -0.345. The van der Waals surface area contributed by atoms with Gasteiger partial charge in [0.25, 0.3) is 0 Å². The highest BCUT2D eigenvalue weighted by molar-refractivity contribution is 7.13. The molecule has 0 aliphatic carbocycles. The second-order valence-corrected chi connectivity index (χ2v) is 6.23. The van der Waals surface area contributed by atoms with Crippen LogP contribution in [0, 0.1) is 17.0 Å². The largest absolute Gasteiger partial charge is 0.361 e. The summed E-state index contributed by atoms with van der Waals surface area (Å²) in [5.41, 5.74) is 4.67.